The maximum Gasteiger partial charge on any atom is 0.243 e. The molecule has 0 spiro atoms. The number of rotatable bonds is 19. The minimum absolute atomic E-state index is 0.0424. The molecule has 77 heavy (non-hydrogen) atoms. The van der Waals surface area contributed by atoms with Crippen LogP contribution in [0.4, 0.5) is 0 Å². The lowest BCUT2D eigenvalue weighted by atomic mass is 9.98. The van der Waals surface area contributed by atoms with E-state index in [0.29, 0.717) is 27.7 Å². The number of aromatic amines is 2. The molecule has 26 nitrogen and oxygen atoms in total. The molecule has 2 aromatic carbocycles. The second-order valence-electron chi connectivity index (χ2n) is 19.3. The number of imidazole rings is 1. The number of aliphatic imine (C=N–C) groups is 1. The fourth-order valence-electron chi connectivity index (χ4n) is 8.38. The van der Waals surface area contributed by atoms with Crippen molar-refractivity contribution < 1.29 is 47.9 Å². The number of nitrogens with two attached hydrogens (primary N) is 3. The van der Waals surface area contributed by atoms with E-state index in [9.17, 15) is 47.9 Å². The fraction of sp³-hybridized carbons (Fsp3) is 0.451. The van der Waals surface area contributed by atoms with E-state index in [1.807, 2.05) is 6.07 Å². The first kappa shape index (κ1) is 59.0. The average molecular weight is 1070 g/mol. The van der Waals surface area contributed by atoms with Crippen LogP contribution in [0.5, 0.6) is 0 Å². The van der Waals surface area contributed by atoms with Gasteiger partial charge in [-0.25, -0.2) is 4.98 Å². The smallest absolute Gasteiger partial charge is 0.243 e. The predicted octanol–water partition coefficient (Wildman–Crippen LogP) is -2.81. The molecule has 1 fully saturated rings. The minimum Gasteiger partial charge on any atom is -0.370 e. The van der Waals surface area contributed by atoms with Crippen molar-refractivity contribution >= 4 is 75.9 Å². The quantitative estimate of drug-likeness (QED) is 0.0257. The molecular weight excluding hydrogens is 997 g/mol. The summed E-state index contributed by atoms with van der Waals surface area (Å²) < 4.78 is 0. The number of guanidine groups is 1. The van der Waals surface area contributed by atoms with E-state index in [1.165, 1.54) is 12.5 Å². The molecule has 0 aliphatic carbocycles. The number of nitrogens with one attached hydrogen (secondary N) is 11. The molecule has 17 N–H and O–H groups in total. The molecule has 5 rings (SSSR count). The molecule has 10 amide bonds. The van der Waals surface area contributed by atoms with Gasteiger partial charge in [-0.3, -0.25) is 52.9 Å². The van der Waals surface area contributed by atoms with Crippen LogP contribution in [-0.4, -0.2) is 142 Å². The zero-order chi connectivity index (χ0) is 56.2. The number of nitrogens with zero attached hydrogens (tertiary/aromatic N) is 2. The summed E-state index contributed by atoms with van der Waals surface area (Å²) in [6.45, 7) is 5.47. The first-order chi connectivity index (χ1) is 36.7. The Hall–Kier alpha value is -8.84. The lowest BCUT2D eigenvalue weighted by molar-refractivity contribution is -0.136. The van der Waals surface area contributed by atoms with E-state index >= 15 is 0 Å². The van der Waals surface area contributed by atoms with Crippen molar-refractivity contribution in [3.63, 3.8) is 0 Å². The van der Waals surface area contributed by atoms with Gasteiger partial charge in [0.25, 0.3) is 0 Å². The van der Waals surface area contributed by atoms with Crippen LogP contribution in [0, 0.1) is 11.8 Å². The first-order valence-corrected chi connectivity index (χ1v) is 25.2. The molecule has 7 atom stereocenters. The molecule has 3 heterocycles. The Morgan fingerprint density at radius 2 is 1.30 bits per heavy atom. The number of fused-ring (bicyclic) bond motifs is 1. The molecule has 1 saturated heterocycles. The summed E-state index contributed by atoms with van der Waals surface area (Å²) in [6, 6.07) is 6.31. The molecule has 414 valence electrons. The van der Waals surface area contributed by atoms with Gasteiger partial charge in [0.2, 0.25) is 59.1 Å². The van der Waals surface area contributed by atoms with E-state index in [-0.39, 0.29) is 44.6 Å². The van der Waals surface area contributed by atoms with Crippen LogP contribution in [0.25, 0.3) is 10.9 Å². The number of primary amides is 1. The Labute approximate surface area is 444 Å². The highest BCUT2D eigenvalue weighted by Crippen LogP contribution is 2.20. The normalized spacial score (nSPS) is 20.0. The topological polar surface area (TPSA) is 414 Å². The van der Waals surface area contributed by atoms with E-state index in [4.69, 9.17) is 17.2 Å². The van der Waals surface area contributed by atoms with Crippen molar-refractivity contribution in [3.05, 3.63) is 90.1 Å². The molecule has 0 radical (unpaired) electrons. The fourth-order valence-corrected chi connectivity index (χ4v) is 8.38. The van der Waals surface area contributed by atoms with E-state index in [2.05, 4.69) is 67.8 Å². The van der Waals surface area contributed by atoms with Crippen molar-refractivity contribution in [2.45, 2.75) is 115 Å². The predicted molar refractivity (Wildman–Crippen MR) is 282 cm³/mol. The van der Waals surface area contributed by atoms with Crippen LogP contribution in [0.3, 0.4) is 0 Å². The highest BCUT2D eigenvalue weighted by molar-refractivity contribution is 5.99. The highest BCUT2D eigenvalue weighted by atomic mass is 16.2. The number of H-pyrrole nitrogens is 2. The van der Waals surface area contributed by atoms with Crippen LogP contribution >= 0.6 is 0 Å². The van der Waals surface area contributed by atoms with Crippen molar-refractivity contribution in [1.82, 2.24) is 62.8 Å². The van der Waals surface area contributed by atoms with Gasteiger partial charge in [0.15, 0.2) is 5.96 Å². The van der Waals surface area contributed by atoms with Gasteiger partial charge in [-0.05, 0) is 48.3 Å². The van der Waals surface area contributed by atoms with E-state index in [1.54, 1.807) is 82.4 Å². The van der Waals surface area contributed by atoms with Gasteiger partial charge in [0.05, 0.1) is 19.4 Å². The number of benzene rings is 2. The number of carbonyl (C=O) groups is 10. The molecule has 26 heteroatoms. The van der Waals surface area contributed by atoms with Gasteiger partial charge in [-0.15, -0.1) is 0 Å². The summed E-state index contributed by atoms with van der Waals surface area (Å²) >= 11 is 0. The number of carbonyl (C=O) groups excluding carboxylic acids is 10. The summed E-state index contributed by atoms with van der Waals surface area (Å²) in [5.41, 5.74) is 18.8. The van der Waals surface area contributed by atoms with E-state index < -0.39 is 139 Å². The number of hydrogen-bond acceptors (Lipinski definition) is 12. The highest BCUT2D eigenvalue weighted by Gasteiger charge is 2.36. The van der Waals surface area contributed by atoms with Crippen molar-refractivity contribution in [2.24, 2.45) is 34.0 Å². The number of hydrogen-bond donors (Lipinski definition) is 14. The average Bonchev–Trinajstić information content (AvgIpc) is 4.06. The molecule has 0 unspecified atom stereocenters. The number of amides is 10. The third-order valence-corrected chi connectivity index (χ3v) is 12.5. The second-order valence-corrected chi connectivity index (χ2v) is 19.3. The lowest BCUT2D eigenvalue weighted by Crippen LogP contribution is -2.61. The molecule has 1 aliphatic heterocycles. The Morgan fingerprint density at radius 3 is 1.95 bits per heavy atom. The standard InChI is InChI=1S/C51H70N16O10/c1-27(2)42(49(76)59-24-39(52)68)67-50(77)43(28(3)4)66-45(72)35-16-17-40(69)58-25-41(70)61-38(21-31-23-55-26-60-31)48(75)64-36(19-29-11-6-5-7-12-29)46(73)62-34(15-10-18-56-51(53)54)44(71)65-37(47(74)63-35)20-30-22-57-33-14-9-8-13-32(30)33/h5-9,11-14,22-23,26-28,34-38,42-43,57H,10,15-21,24-25H2,1-4H3,(H2,52,68)(H,55,60)(H,58,69)(H,59,76)(H,61,70)(H,62,73)(H,63,74)(H,64,75)(H,65,71)(H,66,72)(H,67,77)(H4,53,54,56)/t34-,35+,36+,37+,38-,42+,43+/m1/s1. The molecule has 2 aromatic heterocycles. The first-order valence-electron chi connectivity index (χ1n) is 25.2. The molecule has 4 aromatic rings. The van der Waals surface area contributed by atoms with Crippen molar-refractivity contribution in [1.29, 1.82) is 0 Å². The molecule has 1 aliphatic rings. The third-order valence-electron chi connectivity index (χ3n) is 12.5. The zero-order valence-corrected chi connectivity index (χ0v) is 43.4. The van der Waals surface area contributed by atoms with Crippen LogP contribution < -0.4 is 65.1 Å². The van der Waals surface area contributed by atoms with Crippen LogP contribution in [0.2, 0.25) is 0 Å². The molecule has 0 saturated carbocycles. The SMILES string of the molecule is CC(C)[C@H](NC(=O)[C@@H]1CCC(=O)NCC(=O)N[C@H](Cc2cnc[nH]2)C(=O)N[C@@H](Cc2ccccc2)C(=O)N[C@H](CCCN=C(N)N)C(=O)N[C@@H](Cc2c[nH]c3ccccc23)C(=O)N1)C(=O)N[C@H](C(=O)NCC(N)=O)C(C)C. The summed E-state index contributed by atoms with van der Waals surface area (Å²) in [5, 5.41) is 24.4. The minimum atomic E-state index is -1.58. The van der Waals surface area contributed by atoms with Gasteiger partial charge in [-0.1, -0.05) is 76.2 Å². The number of para-hydroxylation sites is 1. The van der Waals surface area contributed by atoms with Gasteiger partial charge in [0, 0.05) is 61.2 Å². The lowest BCUT2D eigenvalue weighted by Gasteiger charge is -2.29. The van der Waals surface area contributed by atoms with Gasteiger partial charge in [-0.2, -0.15) is 0 Å². The number of aromatic nitrogens is 3. The van der Waals surface area contributed by atoms with Gasteiger partial charge in [0.1, 0.15) is 42.3 Å². The summed E-state index contributed by atoms with van der Waals surface area (Å²) in [7, 11) is 0. The maximum atomic E-state index is 14.8. The summed E-state index contributed by atoms with van der Waals surface area (Å²) in [4.78, 5) is 152. The Balaban J connectivity index is 1.55. The summed E-state index contributed by atoms with van der Waals surface area (Å²) in [5.74, 6) is -9.45. The van der Waals surface area contributed by atoms with Gasteiger partial charge >= 0.3 is 0 Å². The van der Waals surface area contributed by atoms with Crippen LogP contribution in [0.1, 0.15) is 70.2 Å². The van der Waals surface area contributed by atoms with Crippen LogP contribution in [-0.2, 0) is 67.2 Å². The Bertz CT molecular complexity index is 2740. The van der Waals surface area contributed by atoms with Crippen molar-refractivity contribution in [2.75, 3.05) is 19.6 Å². The third kappa shape index (κ3) is 18.5. The zero-order valence-electron chi connectivity index (χ0n) is 43.4. The molecule has 0 bridgehead atoms. The van der Waals surface area contributed by atoms with Crippen LogP contribution in [0.15, 0.2) is 78.3 Å². The largest absolute Gasteiger partial charge is 0.370 e. The summed E-state index contributed by atoms with van der Waals surface area (Å²) in [6.07, 6.45) is 3.30. The second kappa shape index (κ2) is 28.7. The monoisotopic (exact) mass is 1070 g/mol. The van der Waals surface area contributed by atoms with Gasteiger partial charge < -0.3 is 75.0 Å². The molecular formula is C51H70N16O10. The maximum absolute atomic E-state index is 14.8. The Morgan fingerprint density at radius 1 is 0.688 bits per heavy atom. The van der Waals surface area contributed by atoms with E-state index in [0.717, 1.165) is 0 Å². The Kier molecular flexibility index (Phi) is 22.0. The van der Waals surface area contributed by atoms with Crippen molar-refractivity contribution in [3.8, 4) is 0 Å².